The maximum Gasteiger partial charge on any atom is 0.309 e. The molecule has 32 heavy (non-hydrogen) atoms. The Labute approximate surface area is 184 Å². The molecule has 1 aromatic heterocycles. The summed E-state index contributed by atoms with van der Waals surface area (Å²) in [7, 11) is -2.08. The molecule has 174 valence electrons. The summed E-state index contributed by atoms with van der Waals surface area (Å²) in [4.78, 5) is 28.7. The number of carbonyl (C=O) groups excluding carboxylic acids is 2. The van der Waals surface area contributed by atoms with Gasteiger partial charge in [0.15, 0.2) is 11.1 Å². The predicted octanol–water partition coefficient (Wildman–Crippen LogP) is 1.98. The largest absolute Gasteiger partial charge is 0.452 e. The molecule has 1 atom stereocenters. The Morgan fingerprint density at radius 1 is 1.22 bits per heavy atom. The average Bonchev–Trinajstić information content (AvgIpc) is 3.10. The van der Waals surface area contributed by atoms with Crippen LogP contribution in [0, 0.1) is 24.5 Å². The van der Waals surface area contributed by atoms with Crippen LogP contribution in [0.1, 0.15) is 25.6 Å². The van der Waals surface area contributed by atoms with E-state index in [1.165, 1.54) is 17.4 Å². The molecule has 0 bridgehead atoms. The van der Waals surface area contributed by atoms with E-state index in [9.17, 15) is 26.8 Å². The van der Waals surface area contributed by atoms with E-state index in [4.69, 9.17) is 4.74 Å². The number of imidazole rings is 1. The van der Waals surface area contributed by atoms with Crippen molar-refractivity contribution in [3.63, 3.8) is 0 Å². The molecule has 0 aliphatic carbocycles. The number of para-hydroxylation sites is 1. The molecule has 0 saturated carbocycles. The molecule has 0 radical (unpaired) electrons. The first kappa shape index (κ1) is 23.8. The van der Waals surface area contributed by atoms with E-state index in [0.717, 1.165) is 18.2 Å². The van der Waals surface area contributed by atoms with Crippen molar-refractivity contribution in [1.29, 1.82) is 0 Å². The highest BCUT2D eigenvalue weighted by Crippen LogP contribution is 2.25. The molecular weight excluding hydrogens is 446 g/mol. The molecule has 0 spiro atoms. The number of esters is 1. The number of benzene rings is 1. The van der Waals surface area contributed by atoms with Crippen LogP contribution in [0.4, 0.5) is 14.5 Å². The summed E-state index contributed by atoms with van der Waals surface area (Å²) in [6.45, 7) is 3.17. The topological polar surface area (TPSA) is 111 Å². The van der Waals surface area contributed by atoms with Gasteiger partial charge in [0.05, 0.1) is 5.92 Å². The maximum atomic E-state index is 13.7. The van der Waals surface area contributed by atoms with Crippen molar-refractivity contribution in [2.45, 2.75) is 37.8 Å². The highest BCUT2D eigenvalue weighted by molar-refractivity contribution is 7.89. The smallest absolute Gasteiger partial charge is 0.309 e. The molecule has 1 N–H and O–H groups in total. The summed E-state index contributed by atoms with van der Waals surface area (Å²) in [5.74, 6) is -3.50. The van der Waals surface area contributed by atoms with Gasteiger partial charge in [0.25, 0.3) is 15.9 Å². The third-order valence-electron chi connectivity index (χ3n) is 5.35. The van der Waals surface area contributed by atoms with Crippen molar-refractivity contribution < 1.29 is 31.5 Å². The minimum absolute atomic E-state index is 0.0517. The molecule has 1 saturated heterocycles. The third-order valence-corrected chi connectivity index (χ3v) is 7.12. The molecule has 12 heteroatoms. The van der Waals surface area contributed by atoms with Crippen LogP contribution in [0.25, 0.3) is 0 Å². The van der Waals surface area contributed by atoms with Crippen molar-refractivity contribution in [2.24, 2.45) is 13.0 Å². The minimum atomic E-state index is -3.78. The Morgan fingerprint density at radius 2 is 1.81 bits per heavy atom. The lowest BCUT2D eigenvalue weighted by atomic mass is 9.98. The van der Waals surface area contributed by atoms with Crippen LogP contribution in [0.15, 0.2) is 29.4 Å². The van der Waals surface area contributed by atoms with Gasteiger partial charge in [-0.1, -0.05) is 6.07 Å². The van der Waals surface area contributed by atoms with Crippen molar-refractivity contribution in [1.82, 2.24) is 13.9 Å². The van der Waals surface area contributed by atoms with Crippen molar-refractivity contribution in [3.05, 3.63) is 41.9 Å². The number of amides is 1. The fourth-order valence-corrected chi connectivity index (χ4v) is 4.78. The Morgan fingerprint density at radius 3 is 2.34 bits per heavy atom. The normalized spacial score (nSPS) is 16.5. The molecule has 1 amide bonds. The molecular formula is C20H24F2N4O5S. The van der Waals surface area contributed by atoms with Gasteiger partial charge in [-0.3, -0.25) is 9.59 Å². The Balaban J connectivity index is 1.55. The molecule has 1 aliphatic heterocycles. The zero-order valence-electron chi connectivity index (χ0n) is 17.8. The lowest BCUT2D eigenvalue weighted by Gasteiger charge is -2.30. The van der Waals surface area contributed by atoms with E-state index in [1.807, 2.05) is 0 Å². The molecule has 1 aromatic carbocycles. The molecule has 3 rings (SSSR count). The van der Waals surface area contributed by atoms with Gasteiger partial charge in [0, 0.05) is 26.3 Å². The average molecular weight is 470 g/mol. The standard InChI is InChI=1S/C20H24F2N4O5S/c1-12(19(27)24-18-15(21)5-4-6-16(18)22)31-20(28)14-7-9-26(10-8-14)32(29,30)17-11-25(3)13(2)23-17/h4-6,11-12,14H,7-10H2,1-3H3,(H,24,27). The molecule has 2 heterocycles. The number of rotatable bonds is 6. The number of halogens is 2. The second-order valence-corrected chi connectivity index (χ2v) is 9.47. The second kappa shape index (κ2) is 9.33. The van der Waals surface area contributed by atoms with Crippen LogP contribution >= 0.6 is 0 Å². The van der Waals surface area contributed by atoms with Crippen molar-refractivity contribution >= 4 is 27.6 Å². The van der Waals surface area contributed by atoms with E-state index in [2.05, 4.69) is 10.3 Å². The number of anilines is 1. The number of aromatic nitrogens is 2. The van der Waals surface area contributed by atoms with Crippen molar-refractivity contribution in [2.75, 3.05) is 18.4 Å². The number of carbonyl (C=O) groups is 2. The quantitative estimate of drug-likeness (QED) is 0.647. The van der Waals surface area contributed by atoms with Gasteiger partial charge < -0.3 is 14.6 Å². The molecule has 9 nitrogen and oxygen atoms in total. The van der Waals surface area contributed by atoms with Crippen LogP contribution in [0.3, 0.4) is 0 Å². The van der Waals surface area contributed by atoms with E-state index in [-0.39, 0.29) is 31.0 Å². The lowest BCUT2D eigenvalue weighted by molar-refractivity contribution is -0.158. The lowest BCUT2D eigenvalue weighted by Crippen LogP contribution is -2.42. The Bertz CT molecular complexity index is 1090. The minimum Gasteiger partial charge on any atom is -0.452 e. The van der Waals surface area contributed by atoms with Gasteiger partial charge >= 0.3 is 5.97 Å². The van der Waals surface area contributed by atoms with E-state index < -0.39 is 51.2 Å². The van der Waals surface area contributed by atoms with Crippen LogP contribution in [-0.4, -0.2) is 53.3 Å². The number of piperidine rings is 1. The fourth-order valence-electron chi connectivity index (χ4n) is 3.28. The summed E-state index contributed by atoms with van der Waals surface area (Å²) in [6, 6.07) is 3.14. The first-order chi connectivity index (χ1) is 15.0. The molecule has 1 unspecified atom stereocenters. The maximum absolute atomic E-state index is 13.7. The number of ether oxygens (including phenoxy) is 1. The SMILES string of the molecule is Cc1nc(S(=O)(=O)N2CCC(C(=O)OC(C)C(=O)Nc3c(F)cccc3F)CC2)cn1C. The number of nitrogens with zero attached hydrogens (tertiary/aromatic N) is 3. The number of aryl methyl sites for hydroxylation is 2. The van der Waals surface area contributed by atoms with Crippen molar-refractivity contribution in [3.8, 4) is 0 Å². The highest BCUT2D eigenvalue weighted by atomic mass is 32.2. The van der Waals surface area contributed by atoms with Gasteiger partial charge in [0.1, 0.15) is 23.1 Å². The van der Waals surface area contributed by atoms with E-state index >= 15 is 0 Å². The first-order valence-electron chi connectivity index (χ1n) is 9.96. The summed E-state index contributed by atoms with van der Waals surface area (Å²) in [6.07, 6.45) is 0.559. The fraction of sp³-hybridized carbons (Fsp3) is 0.450. The predicted molar refractivity (Wildman–Crippen MR) is 110 cm³/mol. The number of sulfonamides is 1. The third kappa shape index (κ3) is 4.96. The van der Waals surface area contributed by atoms with Crippen LogP contribution < -0.4 is 5.32 Å². The second-order valence-electron chi connectivity index (χ2n) is 7.58. The monoisotopic (exact) mass is 470 g/mol. The van der Waals surface area contributed by atoms with Crippen LogP contribution in [0.5, 0.6) is 0 Å². The van der Waals surface area contributed by atoms with Crippen LogP contribution in [-0.2, 0) is 31.4 Å². The molecule has 1 fully saturated rings. The zero-order chi connectivity index (χ0) is 23.6. The summed E-state index contributed by atoms with van der Waals surface area (Å²) in [5.41, 5.74) is -0.622. The Kier molecular flexibility index (Phi) is 6.94. The number of hydrogen-bond donors (Lipinski definition) is 1. The van der Waals surface area contributed by atoms with Gasteiger partial charge in [0.2, 0.25) is 0 Å². The summed E-state index contributed by atoms with van der Waals surface area (Å²) >= 11 is 0. The summed E-state index contributed by atoms with van der Waals surface area (Å²) in [5, 5.41) is 2.02. The number of hydrogen-bond acceptors (Lipinski definition) is 6. The zero-order valence-corrected chi connectivity index (χ0v) is 18.7. The van der Waals surface area contributed by atoms with Gasteiger partial charge in [-0.25, -0.2) is 22.2 Å². The van der Waals surface area contributed by atoms with E-state index in [0.29, 0.717) is 5.82 Å². The summed E-state index contributed by atoms with van der Waals surface area (Å²) < 4.78 is 60.9. The first-order valence-corrected chi connectivity index (χ1v) is 11.4. The molecule has 2 aromatic rings. The molecule has 1 aliphatic rings. The number of nitrogens with one attached hydrogen (secondary N) is 1. The highest BCUT2D eigenvalue weighted by Gasteiger charge is 2.35. The Hall–Kier alpha value is -2.86. The van der Waals surface area contributed by atoms with Gasteiger partial charge in [-0.2, -0.15) is 4.31 Å². The van der Waals surface area contributed by atoms with Gasteiger partial charge in [-0.05, 0) is 38.8 Å². The van der Waals surface area contributed by atoms with Crippen LogP contribution in [0.2, 0.25) is 0 Å². The van der Waals surface area contributed by atoms with E-state index in [1.54, 1.807) is 18.5 Å². The van der Waals surface area contributed by atoms with Gasteiger partial charge in [-0.15, -0.1) is 0 Å².